The van der Waals surface area contributed by atoms with Crippen molar-refractivity contribution in [2.75, 3.05) is 13.1 Å². The van der Waals surface area contributed by atoms with E-state index in [1.165, 1.54) is 28.6 Å². The van der Waals surface area contributed by atoms with Gasteiger partial charge in [-0.25, -0.2) is 12.8 Å². The molecule has 0 aromatic heterocycles. The van der Waals surface area contributed by atoms with Crippen LogP contribution in [-0.2, 0) is 14.8 Å². The van der Waals surface area contributed by atoms with E-state index in [0.29, 0.717) is 12.8 Å². The Labute approximate surface area is 172 Å². The second-order valence-corrected chi connectivity index (χ2v) is 10.1. The first-order valence-corrected chi connectivity index (χ1v) is 11.2. The van der Waals surface area contributed by atoms with Gasteiger partial charge in [-0.05, 0) is 31.1 Å². The molecule has 0 bridgehead atoms. The van der Waals surface area contributed by atoms with Crippen LogP contribution in [0.15, 0.2) is 34.6 Å². The molecule has 8 nitrogen and oxygen atoms in total. The van der Waals surface area contributed by atoms with Crippen LogP contribution in [0.1, 0.15) is 23.2 Å². The molecule has 2 atom stereocenters. The molecule has 0 spiro atoms. The molecule has 11 heteroatoms. The first kappa shape index (κ1) is 21.3. The van der Waals surface area contributed by atoms with Crippen LogP contribution >= 0.6 is 11.8 Å². The van der Waals surface area contributed by atoms with E-state index in [1.807, 2.05) is 0 Å². The lowest BCUT2D eigenvalue weighted by molar-refractivity contribution is -0.120. The quantitative estimate of drug-likeness (QED) is 0.708. The number of sulfonamides is 1. The average molecular weight is 439 g/mol. The van der Waals surface area contributed by atoms with Crippen LogP contribution in [0.3, 0.4) is 0 Å². The van der Waals surface area contributed by atoms with Crippen molar-refractivity contribution >= 4 is 33.6 Å². The third kappa shape index (κ3) is 4.44. The number of carbonyl (C=O) groups excluding carboxylic acids is 2. The Hall–Kier alpha value is -2.42. The monoisotopic (exact) mass is 438 g/mol. The molecule has 154 valence electrons. The number of nitrogens with zero attached hydrogens (tertiary/aromatic N) is 2. The number of carbonyl (C=O) groups is 2. The summed E-state index contributed by atoms with van der Waals surface area (Å²) in [5.41, 5.74) is 5.17. The molecule has 3 rings (SSSR count). The van der Waals surface area contributed by atoms with Gasteiger partial charge in [0, 0.05) is 19.0 Å². The van der Waals surface area contributed by atoms with Crippen LogP contribution < -0.4 is 11.1 Å². The molecule has 0 radical (unpaired) electrons. The summed E-state index contributed by atoms with van der Waals surface area (Å²) in [4.78, 5) is 24.2. The highest BCUT2D eigenvalue weighted by atomic mass is 32.3. The number of amides is 2. The Morgan fingerprint density at radius 2 is 1.93 bits per heavy atom. The van der Waals surface area contributed by atoms with Crippen molar-refractivity contribution in [3.63, 3.8) is 0 Å². The van der Waals surface area contributed by atoms with E-state index < -0.39 is 38.9 Å². The lowest BCUT2D eigenvalue weighted by Crippen LogP contribution is -2.41. The number of primary amides is 1. The van der Waals surface area contributed by atoms with E-state index in [0.717, 1.165) is 17.8 Å². The maximum absolute atomic E-state index is 13.8. The van der Waals surface area contributed by atoms with Gasteiger partial charge in [0.25, 0.3) is 5.91 Å². The first-order chi connectivity index (χ1) is 13.7. The first-order valence-electron chi connectivity index (χ1n) is 8.87. The van der Waals surface area contributed by atoms with E-state index in [2.05, 4.69) is 11.4 Å². The summed E-state index contributed by atoms with van der Waals surface area (Å²) in [7, 11) is -3.89. The highest BCUT2D eigenvalue weighted by molar-refractivity contribution is 8.18. The van der Waals surface area contributed by atoms with Crippen molar-refractivity contribution in [2.45, 2.75) is 18.2 Å². The van der Waals surface area contributed by atoms with Gasteiger partial charge in [0.05, 0.1) is 22.9 Å². The third-order valence-electron chi connectivity index (χ3n) is 4.84. The van der Waals surface area contributed by atoms with Crippen molar-refractivity contribution in [2.24, 2.45) is 17.6 Å². The van der Waals surface area contributed by atoms with Gasteiger partial charge in [-0.15, -0.1) is 0 Å². The second kappa shape index (κ2) is 8.52. The number of hydrogen-bond acceptors (Lipinski definition) is 6. The van der Waals surface area contributed by atoms with Crippen molar-refractivity contribution in [3.8, 4) is 6.07 Å². The van der Waals surface area contributed by atoms with E-state index in [4.69, 9.17) is 11.0 Å². The summed E-state index contributed by atoms with van der Waals surface area (Å²) in [6, 6.07) is 7.47. The summed E-state index contributed by atoms with van der Waals surface area (Å²) in [6.07, 6.45) is 2.09. The Bertz CT molecular complexity index is 997. The molecule has 2 heterocycles. The molecule has 1 saturated heterocycles. The van der Waals surface area contributed by atoms with Crippen LogP contribution in [0.2, 0.25) is 0 Å². The van der Waals surface area contributed by atoms with Gasteiger partial charge in [-0.1, -0.05) is 23.9 Å². The topological polar surface area (TPSA) is 133 Å². The third-order valence-corrected chi connectivity index (χ3v) is 8.48. The standard InChI is InChI=1S/C18H19FN4O4S2/c19-14-4-2-1-3-12(14)17(25)22-18-13(16(21)24)9-15(28-18)29(26,27)23-7-5-11(10-20)6-8-23/h1-4,9,11,13,18H,5-8H2,(H2,21,24)(H,22,25). The minimum Gasteiger partial charge on any atom is -0.369 e. The van der Waals surface area contributed by atoms with Gasteiger partial charge in [0.2, 0.25) is 15.9 Å². The molecule has 3 N–H and O–H groups in total. The second-order valence-electron chi connectivity index (χ2n) is 6.71. The molecule has 2 unspecified atom stereocenters. The van der Waals surface area contributed by atoms with Crippen LogP contribution in [-0.4, -0.2) is 43.0 Å². The fraction of sp³-hybridized carbons (Fsp3) is 0.389. The Balaban J connectivity index is 1.76. The number of thioether (sulfide) groups is 1. The predicted octanol–water partition coefficient (Wildman–Crippen LogP) is 1.14. The zero-order valence-electron chi connectivity index (χ0n) is 15.2. The molecule has 1 aromatic rings. The van der Waals surface area contributed by atoms with Gasteiger partial charge in [0.1, 0.15) is 10.1 Å². The summed E-state index contributed by atoms with van der Waals surface area (Å²) in [5, 5.41) is 10.5. The van der Waals surface area contributed by atoms with Gasteiger partial charge in [-0.2, -0.15) is 9.57 Å². The van der Waals surface area contributed by atoms with E-state index in [1.54, 1.807) is 0 Å². The normalized spacial score (nSPS) is 23.2. The average Bonchev–Trinajstić information content (AvgIpc) is 3.13. The summed E-state index contributed by atoms with van der Waals surface area (Å²) in [5.74, 6) is -3.54. The number of rotatable bonds is 5. The van der Waals surface area contributed by atoms with E-state index in [-0.39, 0.29) is 28.8 Å². The molecule has 0 saturated carbocycles. The van der Waals surface area contributed by atoms with Gasteiger partial charge in [0.15, 0.2) is 0 Å². The van der Waals surface area contributed by atoms with Gasteiger partial charge in [-0.3, -0.25) is 9.59 Å². The molecule has 2 aliphatic heterocycles. The van der Waals surface area contributed by atoms with Crippen LogP contribution in [0.25, 0.3) is 0 Å². The molecule has 0 aliphatic carbocycles. The minimum atomic E-state index is -3.89. The number of nitrogens with two attached hydrogens (primary N) is 1. The number of nitriles is 1. The molecule has 29 heavy (non-hydrogen) atoms. The Morgan fingerprint density at radius 3 is 2.52 bits per heavy atom. The molecule has 2 aliphatic rings. The number of piperidine rings is 1. The minimum absolute atomic E-state index is 0.0875. The van der Waals surface area contributed by atoms with E-state index >= 15 is 0 Å². The highest BCUT2D eigenvalue weighted by Gasteiger charge is 2.41. The molecular formula is C18H19FN4O4S2. The van der Waals surface area contributed by atoms with Crippen LogP contribution in [0, 0.1) is 29.0 Å². The van der Waals surface area contributed by atoms with Gasteiger partial charge >= 0.3 is 0 Å². The van der Waals surface area contributed by atoms with E-state index in [9.17, 15) is 22.4 Å². The zero-order valence-corrected chi connectivity index (χ0v) is 16.9. The smallest absolute Gasteiger partial charge is 0.255 e. The van der Waals surface area contributed by atoms with Crippen molar-refractivity contribution < 1.29 is 22.4 Å². The SMILES string of the molecule is N#CC1CCN(S(=O)(=O)C2=CC(C(N)=O)C(NC(=O)c3ccccc3F)S2)CC1. The van der Waals surface area contributed by atoms with Gasteiger partial charge < -0.3 is 11.1 Å². The maximum Gasteiger partial charge on any atom is 0.255 e. The number of benzene rings is 1. The van der Waals surface area contributed by atoms with Crippen LogP contribution in [0.5, 0.6) is 0 Å². The highest BCUT2D eigenvalue weighted by Crippen LogP contribution is 2.40. The Kier molecular flexibility index (Phi) is 6.26. The molecular weight excluding hydrogens is 419 g/mol. The van der Waals surface area contributed by atoms with Crippen molar-refractivity contribution in [1.82, 2.24) is 9.62 Å². The van der Waals surface area contributed by atoms with Crippen molar-refractivity contribution in [3.05, 3.63) is 46.0 Å². The fourth-order valence-electron chi connectivity index (χ4n) is 3.17. The summed E-state index contributed by atoms with van der Waals surface area (Å²) in [6.45, 7) is 0.401. The largest absolute Gasteiger partial charge is 0.369 e. The molecule has 1 aromatic carbocycles. The Morgan fingerprint density at radius 1 is 1.28 bits per heavy atom. The predicted molar refractivity (Wildman–Crippen MR) is 105 cm³/mol. The lowest BCUT2D eigenvalue weighted by atomic mass is 10.0. The van der Waals surface area contributed by atoms with Crippen molar-refractivity contribution in [1.29, 1.82) is 5.26 Å². The lowest BCUT2D eigenvalue weighted by Gasteiger charge is -2.28. The molecule has 2 amide bonds. The number of hydrogen-bond donors (Lipinski definition) is 2. The summed E-state index contributed by atoms with van der Waals surface area (Å²) < 4.78 is 40.9. The maximum atomic E-state index is 13.8. The number of nitrogens with one attached hydrogen (secondary N) is 1. The fourth-order valence-corrected chi connectivity index (χ4v) is 6.55. The number of halogens is 1. The molecule has 1 fully saturated rings. The van der Waals surface area contributed by atoms with Crippen LogP contribution in [0.4, 0.5) is 4.39 Å². The zero-order chi connectivity index (χ0) is 21.2. The summed E-state index contributed by atoms with van der Waals surface area (Å²) >= 11 is 0.794.